The molecule has 0 aliphatic carbocycles. The fraction of sp³-hybridized carbons (Fsp3) is 0.222. The van der Waals surface area contributed by atoms with E-state index in [1.165, 1.54) is 5.65 Å². The molecule has 0 atom stereocenters. The van der Waals surface area contributed by atoms with Crippen molar-refractivity contribution in [2.45, 2.75) is 26.3 Å². The summed E-state index contributed by atoms with van der Waals surface area (Å²) in [6.45, 7) is 5.15. The van der Waals surface area contributed by atoms with E-state index in [0.29, 0.717) is 10.6 Å². The summed E-state index contributed by atoms with van der Waals surface area (Å²) >= 11 is 11.0. The molecule has 0 heterocycles. The van der Waals surface area contributed by atoms with Gasteiger partial charge in [0.05, 0.1) is 16.1 Å². The van der Waals surface area contributed by atoms with Crippen LogP contribution < -0.4 is 5.65 Å². The Kier molecular flexibility index (Phi) is 13.3. The average molecular weight is 458 g/mol. The topological polar surface area (TPSA) is 49.4 Å². The minimum absolute atomic E-state index is 0. The van der Waals surface area contributed by atoms with Crippen LogP contribution in [0.4, 0.5) is 4.48 Å². The van der Waals surface area contributed by atoms with Crippen molar-refractivity contribution in [1.29, 1.82) is 0 Å². The smallest absolute Gasteiger partial charge is 0.271 e. The Morgan fingerprint density at radius 3 is 1.81 bits per heavy atom. The van der Waals surface area contributed by atoms with Crippen LogP contribution in [0.15, 0.2) is 54.6 Å². The SMILES string of the molecule is CC(C)(C)N(NF)C(=O)c1ccccc1Cl.Cl.Cl.O=C(Cl)c1ccccc1. The van der Waals surface area contributed by atoms with E-state index < -0.39 is 16.7 Å². The van der Waals surface area contributed by atoms with Gasteiger partial charge < -0.3 is 0 Å². The molecule has 0 saturated heterocycles. The summed E-state index contributed by atoms with van der Waals surface area (Å²) in [4.78, 5) is 22.4. The zero-order chi connectivity index (χ0) is 19.0. The molecule has 4 nitrogen and oxygen atoms in total. The molecule has 2 rings (SSSR count). The van der Waals surface area contributed by atoms with E-state index in [1.54, 1.807) is 69.3 Å². The standard InChI is InChI=1S/C11H14ClFN2O.C7H5ClO.2ClH/c1-11(2,3)15(14-13)10(16)8-6-4-5-7-9(8)12;8-7(9)6-4-2-1-3-5-6;;/h4-7,14H,1-3H3;1-5H;2*1H. The third-order valence-corrected chi connectivity index (χ3v) is 3.61. The van der Waals surface area contributed by atoms with Crippen LogP contribution in [-0.2, 0) is 0 Å². The second-order valence-corrected chi connectivity index (χ2v) is 6.77. The molecule has 27 heavy (non-hydrogen) atoms. The monoisotopic (exact) mass is 456 g/mol. The third kappa shape index (κ3) is 8.91. The van der Waals surface area contributed by atoms with Gasteiger partial charge in [-0.15, -0.1) is 29.3 Å². The summed E-state index contributed by atoms with van der Waals surface area (Å²) in [6, 6.07) is 15.3. The maximum absolute atomic E-state index is 12.6. The van der Waals surface area contributed by atoms with Crippen LogP contribution in [0.5, 0.6) is 0 Å². The summed E-state index contributed by atoms with van der Waals surface area (Å²) in [5.41, 5.74) is 1.53. The molecule has 1 amide bonds. The fourth-order valence-corrected chi connectivity index (χ4v) is 2.14. The molecule has 1 N–H and O–H groups in total. The Labute approximate surface area is 180 Å². The van der Waals surface area contributed by atoms with Crippen LogP contribution >= 0.6 is 48.0 Å². The molecular weight excluding hydrogens is 437 g/mol. The Hall–Kier alpha value is -1.37. The molecule has 9 heteroatoms. The van der Waals surface area contributed by atoms with E-state index in [-0.39, 0.29) is 30.4 Å². The van der Waals surface area contributed by atoms with E-state index >= 15 is 0 Å². The second kappa shape index (κ2) is 12.9. The van der Waals surface area contributed by atoms with Crippen LogP contribution in [-0.4, -0.2) is 21.7 Å². The largest absolute Gasteiger partial charge is 0.276 e. The highest BCUT2D eigenvalue weighted by Crippen LogP contribution is 2.20. The first-order valence-corrected chi connectivity index (χ1v) is 8.14. The molecule has 0 aliphatic heterocycles. The molecule has 0 bridgehead atoms. The number of amides is 1. The first-order chi connectivity index (χ1) is 11.7. The van der Waals surface area contributed by atoms with Crippen LogP contribution in [0, 0.1) is 0 Å². The summed E-state index contributed by atoms with van der Waals surface area (Å²) < 4.78 is 12.6. The van der Waals surface area contributed by atoms with Gasteiger partial charge in [0, 0.05) is 5.56 Å². The molecule has 2 aromatic rings. The fourth-order valence-electron chi connectivity index (χ4n) is 1.79. The highest BCUT2D eigenvalue weighted by Gasteiger charge is 2.28. The summed E-state index contributed by atoms with van der Waals surface area (Å²) in [5.74, 6) is -0.499. The Morgan fingerprint density at radius 2 is 1.44 bits per heavy atom. The Balaban J connectivity index is 0. The molecule has 0 aliphatic rings. The van der Waals surface area contributed by atoms with Crippen molar-refractivity contribution in [3.8, 4) is 0 Å². The average Bonchev–Trinajstić information content (AvgIpc) is 2.56. The number of halogens is 5. The molecule has 2 aromatic carbocycles. The maximum atomic E-state index is 12.6. The number of rotatable bonds is 3. The lowest BCUT2D eigenvalue weighted by Crippen LogP contribution is -2.51. The van der Waals surface area contributed by atoms with Crippen molar-refractivity contribution < 1.29 is 14.1 Å². The lowest BCUT2D eigenvalue weighted by molar-refractivity contribution is -0.00140. The van der Waals surface area contributed by atoms with Crippen LogP contribution in [0.25, 0.3) is 0 Å². The summed E-state index contributed by atoms with van der Waals surface area (Å²) in [7, 11) is 0. The normalized spacial score (nSPS) is 9.70. The van der Waals surface area contributed by atoms with Gasteiger partial charge in [-0.05, 0) is 44.5 Å². The Bertz CT molecular complexity index is 725. The van der Waals surface area contributed by atoms with E-state index in [9.17, 15) is 14.1 Å². The lowest BCUT2D eigenvalue weighted by Gasteiger charge is -2.32. The van der Waals surface area contributed by atoms with Crippen molar-refractivity contribution in [2.24, 2.45) is 0 Å². The predicted octanol–water partition coefficient (Wildman–Crippen LogP) is 5.88. The number of hydrogen-bond donors (Lipinski definition) is 1. The molecule has 0 saturated carbocycles. The van der Waals surface area contributed by atoms with Crippen molar-refractivity contribution in [1.82, 2.24) is 10.7 Å². The van der Waals surface area contributed by atoms with Crippen LogP contribution in [0.3, 0.4) is 0 Å². The van der Waals surface area contributed by atoms with Gasteiger partial charge in [0.2, 0.25) is 0 Å². The number of carbonyl (C=O) groups excluding carboxylic acids is 2. The first-order valence-electron chi connectivity index (χ1n) is 7.38. The predicted molar refractivity (Wildman–Crippen MR) is 113 cm³/mol. The van der Waals surface area contributed by atoms with Crippen LogP contribution in [0.1, 0.15) is 41.5 Å². The molecule has 150 valence electrons. The summed E-state index contributed by atoms with van der Waals surface area (Å²) in [5, 5.41) is 0.793. The van der Waals surface area contributed by atoms with Gasteiger partial charge in [-0.3, -0.25) is 9.59 Å². The number of nitrogens with zero attached hydrogens (tertiary/aromatic N) is 1. The Morgan fingerprint density at radius 1 is 0.963 bits per heavy atom. The molecule has 0 radical (unpaired) electrons. The molecular formula is C18H21Cl4FN2O2. The third-order valence-electron chi connectivity index (χ3n) is 3.06. The van der Waals surface area contributed by atoms with Gasteiger partial charge in [-0.2, -0.15) is 0 Å². The van der Waals surface area contributed by atoms with Gasteiger partial charge in [-0.1, -0.05) is 59.7 Å². The highest BCUT2D eigenvalue weighted by molar-refractivity contribution is 6.67. The summed E-state index contributed by atoms with van der Waals surface area (Å²) in [6.07, 6.45) is 0. The quantitative estimate of drug-likeness (QED) is 0.355. The van der Waals surface area contributed by atoms with Gasteiger partial charge in [0.1, 0.15) is 0 Å². The zero-order valence-corrected chi connectivity index (χ0v) is 18.1. The van der Waals surface area contributed by atoms with Crippen molar-refractivity contribution in [2.75, 3.05) is 0 Å². The number of nitrogens with one attached hydrogen (secondary N) is 1. The van der Waals surface area contributed by atoms with Gasteiger partial charge in [-0.25, -0.2) is 5.01 Å². The molecule has 0 unspecified atom stereocenters. The van der Waals surface area contributed by atoms with E-state index in [0.717, 1.165) is 5.01 Å². The first kappa shape index (κ1) is 27.8. The van der Waals surface area contributed by atoms with Gasteiger partial charge in [0.15, 0.2) is 0 Å². The second-order valence-electron chi connectivity index (χ2n) is 6.02. The molecule has 0 fully saturated rings. The number of hydrazine groups is 1. The van der Waals surface area contributed by atoms with E-state index in [1.807, 2.05) is 6.07 Å². The van der Waals surface area contributed by atoms with Crippen LogP contribution in [0.2, 0.25) is 5.02 Å². The van der Waals surface area contributed by atoms with Crippen molar-refractivity contribution in [3.63, 3.8) is 0 Å². The van der Waals surface area contributed by atoms with Gasteiger partial charge in [0.25, 0.3) is 11.1 Å². The molecule has 0 aromatic heterocycles. The number of benzene rings is 2. The van der Waals surface area contributed by atoms with Crippen molar-refractivity contribution >= 4 is 59.2 Å². The van der Waals surface area contributed by atoms with Crippen molar-refractivity contribution in [3.05, 3.63) is 70.7 Å². The minimum Gasteiger partial charge on any atom is -0.276 e. The lowest BCUT2D eigenvalue weighted by atomic mass is 10.1. The van der Waals surface area contributed by atoms with E-state index in [2.05, 4.69) is 0 Å². The van der Waals surface area contributed by atoms with Gasteiger partial charge >= 0.3 is 0 Å². The van der Waals surface area contributed by atoms with E-state index in [4.69, 9.17) is 23.2 Å². The highest BCUT2D eigenvalue weighted by atomic mass is 35.5. The minimum atomic E-state index is -0.676. The maximum Gasteiger partial charge on any atom is 0.271 e. The zero-order valence-electron chi connectivity index (χ0n) is 14.9. The molecule has 0 spiro atoms. The number of carbonyl (C=O) groups is 2. The number of hydrogen-bond acceptors (Lipinski definition) is 3.